The summed E-state index contributed by atoms with van der Waals surface area (Å²) in [4.78, 5) is 21.5. The number of benzene rings is 2. The Bertz CT molecular complexity index is 1690. The van der Waals surface area contributed by atoms with E-state index in [1.165, 1.54) is 38.3 Å². The number of piperazine rings is 1. The van der Waals surface area contributed by atoms with Gasteiger partial charge in [-0.2, -0.15) is 4.31 Å². The van der Waals surface area contributed by atoms with Crippen LogP contribution in [0.4, 0.5) is 18.3 Å². The molecule has 16 heteroatoms. The number of halogens is 3. The second-order valence-electron chi connectivity index (χ2n) is 12.2. The summed E-state index contributed by atoms with van der Waals surface area (Å²) < 4.78 is 82.8. The molecule has 264 valence electrons. The summed E-state index contributed by atoms with van der Waals surface area (Å²) in [6.45, 7) is 11.9. The van der Waals surface area contributed by atoms with E-state index >= 15 is 0 Å². The number of amides is 1. The molecular formula is C32H42F3N5O5S3. The first-order valence-corrected chi connectivity index (χ1v) is 19.4. The van der Waals surface area contributed by atoms with Gasteiger partial charge in [0.2, 0.25) is 15.9 Å². The van der Waals surface area contributed by atoms with Gasteiger partial charge in [0.25, 0.3) is 0 Å². The van der Waals surface area contributed by atoms with Crippen LogP contribution in [0.2, 0.25) is 0 Å². The second-order valence-corrected chi connectivity index (χ2v) is 16.7. The first kappa shape index (κ1) is 37.8. The highest BCUT2D eigenvalue weighted by molar-refractivity contribution is 7.88. The van der Waals surface area contributed by atoms with E-state index in [0.717, 1.165) is 33.8 Å². The van der Waals surface area contributed by atoms with Gasteiger partial charge in [-0.1, -0.05) is 58.9 Å². The maximum atomic E-state index is 13.7. The van der Waals surface area contributed by atoms with Crippen LogP contribution in [0, 0.1) is 0 Å². The average molecular weight is 730 g/mol. The molecule has 0 spiro atoms. The van der Waals surface area contributed by atoms with Gasteiger partial charge < -0.3 is 15.0 Å². The zero-order valence-corrected chi connectivity index (χ0v) is 30.3. The number of fused-ring (bicyclic) bond motifs is 1. The van der Waals surface area contributed by atoms with Gasteiger partial charge in [-0.15, -0.1) is 24.5 Å². The van der Waals surface area contributed by atoms with E-state index < -0.39 is 39.2 Å². The number of thiazole rings is 1. The largest absolute Gasteiger partial charge is 0.573 e. The van der Waals surface area contributed by atoms with Crippen molar-refractivity contribution in [3.8, 4) is 5.75 Å². The molecule has 1 unspecified atom stereocenters. The Morgan fingerprint density at radius 3 is 2.27 bits per heavy atom. The number of carbonyl (C=O) groups is 1. The lowest BCUT2D eigenvalue weighted by molar-refractivity contribution is -0.274. The van der Waals surface area contributed by atoms with Crippen LogP contribution in [0.3, 0.4) is 0 Å². The number of aromatic nitrogens is 1. The van der Waals surface area contributed by atoms with Gasteiger partial charge in [0.15, 0.2) is 5.13 Å². The van der Waals surface area contributed by atoms with Gasteiger partial charge in [-0.25, -0.2) is 21.9 Å². The first-order valence-electron chi connectivity index (χ1n) is 15.6. The topological polar surface area (TPSA) is 112 Å². The molecule has 0 aliphatic carbocycles. The Morgan fingerprint density at radius 2 is 1.69 bits per heavy atom. The second kappa shape index (κ2) is 15.2. The van der Waals surface area contributed by atoms with Crippen LogP contribution in [0.1, 0.15) is 56.3 Å². The third-order valence-electron chi connectivity index (χ3n) is 7.82. The van der Waals surface area contributed by atoms with Crippen LogP contribution >= 0.6 is 11.3 Å². The van der Waals surface area contributed by atoms with Crippen molar-refractivity contribution in [1.29, 1.82) is 0 Å². The van der Waals surface area contributed by atoms with E-state index in [4.69, 9.17) is 4.98 Å². The molecule has 48 heavy (non-hydrogen) atoms. The summed E-state index contributed by atoms with van der Waals surface area (Å²) in [5.41, 5.74) is 2.86. The molecule has 0 radical (unpaired) electrons. The van der Waals surface area contributed by atoms with Crippen molar-refractivity contribution < 1.29 is 35.3 Å². The number of ether oxygens (including phenoxy) is 1. The quantitative estimate of drug-likeness (QED) is 0.339. The molecule has 2 aromatic carbocycles. The summed E-state index contributed by atoms with van der Waals surface area (Å²) in [5.74, 6) is -0.799. The summed E-state index contributed by atoms with van der Waals surface area (Å²) >= 11 is 1.38. The third-order valence-corrected chi connectivity index (χ3v) is 11.7. The van der Waals surface area contributed by atoms with Crippen LogP contribution < -0.4 is 15.0 Å². The maximum Gasteiger partial charge on any atom is 0.573 e. The third kappa shape index (κ3) is 9.55. The van der Waals surface area contributed by atoms with Crippen molar-refractivity contribution in [2.24, 2.45) is 0 Å². The van der Waals surface area contributed by atoms with Gasteiger partial charge in [0.05, 0.1) is 16.8 Å². The Labute approximate surface area is 286 Å². The van der Waals surface area contributed by atoms with Crippen LogP contribution in [-0.2, 0) is 50.7 Å². The molecule has 5 rings (SSSR count). The highest BCUT2D eigenvalue weighted by Gasteiger charge is 2.38. The van der Waals surface area contributed by atoms with Crippen molar-refractivity contribution in [2.45, 2.75) is 76.8 Å². The van der Waals surface area contributed by atoms with E-state index in [2.05, 4.69) is 30.8 Å². The van der Waals surface area contributed by atoms with Crippen molar-refractivity contribution >= 4 is 43.4 Å². The molecule has 1 aromatic heterocycles. The summed E-state index contributed by atoms with van der Waals surface area (Å²) in [6, 6.07) is 11.8. The molecule has 0 bridgehead atoms. The molecule has 2 atom stereocenters. The molecule has 1 saturated heterocycles. The van der Waals surface area contributed by atoms with E-state index in [1.54, 1.807) is 0 Å². The smallest absolute Gasteiger partial charge is 0.406 e. The Kier molecular flexibility index (Phi) is 12.0. The van der Waals surface area contributed by atoms with Crippen LogP contribution in [-0.4, -0.2) is 77.0 Å². The number of rotatable bonds is 8. The highest BCUT2D eigenvalue weighted by Crippen LogP contribution is 2.33. The number of sulfonamides is 1. The minimum absolute atomic E-state index is 0.0207. The van der Waals surface area contributed by atoms with Gasteiger partial charge in [0, 0.05) is 50.6 Å². The monoisotopic (exact) mass is 729 g/mol. The van der Waals surface area contributed by atoms with Gasteiger partial charge in [-0.3, -0.25) is 4.79 Å². The summed E-state index contributed by atoms with van der Waals surface area (Å²) in [6.07, 6.45) is -3.20. The maximum absolute atomic E-state index is 13.7. The first-order chi connectivity index (χ1) is 22.5. The Balaban J connectivity index is 0.00000255. The molecule has 1 amide bonds. The fourth-order valence-corrected chi connectivity index (χ4v) is 8.56. The fourth-order valence-electron chi connectivity index (χ4n) is 5.25. The number of anilines is 1. The number of nitrogens with one attached hydrogen (secondary N) is 1. The summed E-state index contributed by atoms with van der Waals surface area (Å²) in [7, 11) is -5.23. The average Bonchev–Trinajstić information content (AvgIpc) is 3.47. The molecule has 1 N–H and O–H groups in total. The molecule has 0 saturated carbocycles. The predicted molar refractivity (Wildman–Crippen MR) is 182 cm³/mol. The van der Waals surface area contributed by atoms with E-state index in [1.807, 2.05) is 43.0 Å². The minimum atomic E-state index is -4.86. The SMILES string of the molecule is CC.CC(C)(C)c1ccc(CNC(=O)[C@H]2CN(c3nc4c(s3)CN(S(C)(=O)=O)CC4)CCN2S(=O)c2ccc(OC(F)(F)F)cc2)cc1. The standard InChI is InChI=1S/C30H36F3N5O5S3.C2H6/c1-29(2,3)21-7-5-20(6-8-21)17-34-27(39)25-18-36(28-35-24-13-14-37(46(4,41)42)19-26(24)44-28)15-16-38(25)45(40)23-11-9-22(10-12-23)43-30(31,32)33;1-2/h5-12,25H,13-19H2,1-4H3,(H,34,39);1-2H3/t25-,45?;/m1./s1. The van der Waals surface area contributed by atoms with Crippen LogP contribution in [0.15, 0.2) is 53.4 Å². The van der Waals surface area contributed by atoms with E-state index in [9.17, 15) is 30.6 Å². The van der Waals surface area contributed by atoms with Gasteiger partial charge in [0.1, 0.15) is 22.8 Å². The number of hydrogen-bond donors (Lipinski definition) is 1. The zero-order chi connectivity index (χ0) is 35.4. The molecule has 3 heterocycles. The number of hydrogen-bond acceptors (Lipinski definition) is 8. The van der Waals surface area contributed by atoms with Gasteiger partial charge in [-0.05, 0) is 40.8 Å². The molecule has 3 aromatic rings. The molecule has 10 nitrogen and oxygen atoms in total. The van der Waals surface area contributed by atoms with Crippen LogP contribution in [0.25, 0.3) is 0 Å². The lowest BCUT2D eigenvalue weighted by atomic mass is 9.87. The lowest BCUT2D eigenvalue weighted by Crippen LogP contribution is -2.59. The summed E-state index contributed by atoms with van der Waals surface area (Å²) in [5, 5.41) is 3.61. The number of carbonyl (C=O) groups excluding carboxylic acids is 1. The van der Waals surface area contributed by atoms with Gasteiger partial charge >= 0.3 is 6.36 Å². The Hall–Kier alpha value is -3.05. The predicted octanol–water partition coefficient (Wildman–Crippen LogP) is 5.21. The molecule has 2 aliphatic rings. The number of nitrogens with zero attached hydrogens (tertiary/aromatic N) is 4. The van der Waals surface area contributed by atoms with Crippen LogP contribution in [0.5, 0.6) is 5.75 Å². The van der Waals surface area contributed by atoms with Crippen molar-refractivity contribution in [3.05, 3.63) is 70.2 Å². The van der Waals surface area contributed by atoms with Crippen molar-refractivity contribution in [2.75, 3.05) is 37.3 Å². The minimum Gasteiger partial charge on any atom is -0.406 e. The lowest BCUT2D eigenvalue weighted by Gasteiger charge is -2.39. The zero-order valence-electron chi connectivity index (χ0n) is 27.8. The van der Waals surface area contributed by atoms with E-state index in [-0.39, 0.29) is 42.4 Å². The normalized spacial score (nSPS) is 18.4. The number of alkyl halides is 3. The molecule has 1 fully saturated rings. The van der Waals surface area contributed by atoms with E-state index in [0.29, 0.717) is 24.6 Å². The Morgan fingerprint density at radius 1 is 1.04 bits per heavy atom. The van der Waals surface area contributed by atoms with Crippen molar-refractivity contribution in [1.82, 2.24) is 18.9 Å². The molecular weight excluding hydrogens is 688 g/mol. The fraction of sp³-hybridized carbons (Fsp3) is 0.500. The van der Waals surface area contributed by atoms with Crippen molar-refractivity contribution in [3.63, 3.8) is 0 Å². The highest BCUT2D eigenvalue weighted by atomic mass is 32.2. The molecule has 2 aliphatic heterocycles.